The molecule has 2 rings (SSSR count). The number of nitrogens with two attached hydrogens (primary N) is 1. The second kappa shape index (κ2) is 3.97. The lowest BCUT2D eigenvalue weighted by atomic mass is 10.3. The molecular weight excluding hydrogens is 208 g/mol. The van der Waals surface area contributed by atoms with Gasteiger partial charge in [0.25, 0.3) is 0 Å². The molecule has 0 aliphatic heterocycles. The Hall–Kier alpha value is -1.82. The molecule has 3 N–H and O–H groups in total. The van der Waals surface area contributed by atoms with Crippen LogP contribution < -0.4 is 10.5 Å². The minimum Gasteiger partial charge on any atom is -0.475 e. The number of aliphatic hydroxyl groups is 1. The summed E-state index contributed by atoms with van der Waals surface area (Å²) in [6.07, 6.45) is 1.68. The summed E-state index contributed by atoms with van der Waals surface area (Å²) in [5.41, 5.74) is 8.53. The standard InChI is InChI=1S/C10H14N4O2/c1-6-5-12-9-8(11)7(2)13-14(9)10(6)16-4-3-15/h5,15H,3-4,11H2,1-2H3. The molecule has 0 spiro atoms. The third-order valence-electron chi connectivity index (χ3n) is 2.32. The normalized spacial score (nSPS) is 10.9. The first-order valence-electron chi connectivity index (χ1n) is 4.99. The van der Waals surface area contributed by atoms with Crippen LogP contribution in [0.3, 0.4) is 0 Å². The van der Waals surface area contributed by atoms with Gasteiger partial charge in [0.15, 0.2) is 5.65 Å². The highest BCUT2D eigenvalue weighted by atomic mass is 16.5. The van der Waals surface area contributed by atoms with Crippen molar-refractivity contribution in [2.45, 2.75) is 13.8 Å². The van der Waals surface area contributed by atoms with Gasteiger partial charge in [0, 0.05) is 11.8 Å². The van der Waals surface area contributed by atoms with Gasteiger partial charge in [0.05, 0.1) is 12.3 Å². The predicted octanol–water partition coefficient (Wildman–Crippen LogP) is 0.299. The van der Waals surface area contributed by atoms with Crippen molar-refractivity contribution >= 4 is 11.3 Å². The van der Waals surface area contributed by atoms with Crippen molar-refractivity contribution in [1.29, 1.82) is 0 Å². The quantitative estimate of drug-likeness (QED) is 0.780. The Kier molecular flexibility index (Phi) is 2.66. The van der Waals surface area contributed by atoms with Gasteiger partial charge in [-0.15, -0.1) is 0 Å². The summed E-state index contributed by atoms with van der Waals surface area (Å²) in [5, 5.41) is 13.0. The van der Waals surface area contributed by atoms with Crippen molar-refractivity contribution in [3.8, 4) is 5.88 Å². The maximum absolute atomic E-state index is 8.76. The van der Waals surface area contributed by atoms with Crippen LogP contribution in [0.5, 0.6) is 5.88 Å². The molecule has 2 heterocycles. The zero-order valence-electron chi connectivity index (χ0n) is 9.27. The third-order valence-corrected chi connectivity index (χ3v) is 2.32. The van der Waals surface area contributed by atoms with E-state index in [2.05, 4.69) is 10.1 Å². The molecule has 0 saturated heterocycles. The molecule has 0 radical (unpaired) electrons. The number of nitrogens with zero attached hydrogens (tertiary/aromatic N) is 3. The molecule has 0 unspecified atom stereocenters. The summed E-state index contributed by atoms with van der Waals surface area (Å²) >= 11 is 0. The Morgan fingerprint density at radius 1 is 1.50 bits per heavy atom. The molecule has 2 aromatic rings. The van der Waals surface area contributed by atoms with Crippen LogP contribution in [-0.2, 0) is 0 Å². The van der Waals surface area contributed by atoms with Gasteiger partial charge in [-0.25, -0.2) is 4.98 Å². The summed E-state index contributed by atoms with van der Waals surface area (Å²) < 4.78 is 6.99. The monoisotopic (exact) mass is 222 g/mol. The van der Waals surface area contributed by atoms with Crippen LogP contribution in [0.4, 0.5) is 5.69 Å². The number of aromatic nitrogens is 3. The van der Waals surface area contributed by atoms with Gasteiger partial charge >= 0.3 is 0 Å². The molecule has 0 aliphatic rings. The van der Waals surface area contributed by atoms with Gasteiger partial charge in [0.2, 0.25) is 5.88 Å². The molecule has 0 fully saturated rings. The third kappa shape index (κ3) is 1.57. The topological polar surface area (TPSA) is 85.7 Å². The number of fused-ring (bicyclic) bond motifs is 1. The number of anilines is 1. The first kappa shape index (κ1) is 10.7. The summed E-state index contributed by atoms with van der Waals surface area (Å²) in [6, 6.07) is 0. The van der Waals surface area contributed by atoms with E-state index in [1.165, 1.54) is 0 Å². The molecule has 0 amide bonds. The molecule has 16 heavy (non-hydrogen) atoms. The Morgan fingerprint density at radius 2 is 2.25 bits per heavy atom. The van der Waals surface area contributed by atoms with Crippen molar-refractivity contribution < 1.29 is 9.84 Å². The van der Waals surface area contributed by atoms with Crippen molar-refractivity contribution in [2.75, 3.05) is 18.9 Å². The van der Waals surface area contributed by atoms with E-state index >= 15 is 0 Å². The maximum atomic E-state index is 8.76. The molecule has 2 aromatic heterocycles. The number of aliphatic hydroxyl groups excluding tert-OH is 1. The van der Waals surface area contributed by atoms with Gasteiger partial charge in [-0.1, -0.05) is 0 Å². The Morgan fingerprint density at radius 3 is 2.94 bits per heavy atom. The maximum Gasteiger partial charge on any atom is 0.221 e. The van der Waals surface area contributed by atoms with Crippen LogP contribution in [0.25, 0.3) is 5.65 Å². The number of hydrogen-bond acceptors (Lipinski definition) is 5. The number of hydrogen-bond donors (Lipinski definition) is 2. The Labute approximate surface area is 92.7 Å². The van der Waals surface area contributed by atoms with E-state index < -0.39 is 0 Å². The molecule has 0 bridgehead atoms. The molecule has 6 heteroatoms. The Balaban J connectivity index is 2.60. The molecule has 0 aliphatic carbocycles. The highest BCUT2D eigenvalue weighted by molar-refractivity contribution is 5.68. The molecular formula is C10H14N4O2. The molecule has 0 atom stereocenters. The van der Waals surface area contributed by atoms with E-state index in [1.54, 1.807) is 10.7 Å². The van der Waals surface area contributed by atoms with E-state index in [0.717, 1.165) is 5.56 Å². The summed E-state index contributed by atoms with van der Waals surface area (Å²) in [5.74, 6) is 0.568. The number of nitrogen functional groups attached to an aromatic ring is 1. The summed E-state index contributed by atoms with van der Waals surface area (Å²) in [7, 11) is 0. The minimum absolute atomic E-state index is 0.0427. The zero-order chi connectivity index (χ0) is 11.7. The van der Waals surface area contributed by atoms with E-state index in [1.807, 2.05) is 13.8 Å². The fourth-order valence-corrected chi connectivity index (χ4v) is 1.49. The number of rotatable bonds is 3. The Bertz CT molecular complexity index is 521. The summed E-state index contributed by atoms with van der Waals surface area (Å²) in [4.78, 5) is 4.20. The first-order valence-corrected chi connectivity index (χ1v) is 4.99. The molecule has 6 nitrogen and oxygen atoms in total. The lowest BCUT2D eigenvalue weighted by Crippen LogP contribution is -2.08. The SMILES string of the molecule is Cc1cnc2c(N)c(C)nn2c1OCCO. The lowest BCUT2D eigenvalue weighted by Gasteiger charge is -2.08. The smallest absolute Gasteiger partial charge is 0.221 e. The fourth-order valence-electron chi connectivity index (χ4n) is 1.49. The van der Waals surface area contributed by atoms with E-state index in [0.29, 0.717) is 22.9 Å². The highest BCUT2D eigenvalue weighted by Crippen LogP contribution is 2.23. The highest BCUT2D eigenvalue weighted by Gasteiger charge is 2.13. The van der Waals surface area contributed by atoms with Gasteiger partial charge in [-0.2, -0.15) is 9.61 Å². The predicted molar refractivity (Wildman–Crippen MR) is 59.5 cm³/mol. The van der Waals surface area contributed by atoms with Crippen molar-refractivity contribution in [3.63, 3.8) is 0 Å². The second-order valence-electron chi connectivity index (χ2n) is 3.55. The lowest BCUT2D eigenvalue weighted by molar-refractivity contribution is 0.193. The second-order valence-corrected chi connectivity index (χ2v) is 3.55. The van der Waals surface area contributed by atoms with Crippen LogP contribution in [-0.4, -0.2) is 32.9 Å². The molecule has 0 aromatic carbocycles. The molecule has 86 valence electrons. The average Bonchev–Trinajstić information content (AvgIpc) is 2.54. The van der Waals surface area contributed by atoms with Crippen LogP contribution in [0.15, 0.2) is 6.20 Å². The largest absolute Gasteiger partial charge is 0.475 e. The number of ether oxygens (including phenoxy) is 1. The van der Waals surface area contributed by atoms with Crippen molar-refractivity contribution in [2.24, 2.45) is 0 Å². The average molecular weight is 222 g/mol. The van der Waals surface area contributed by atoms with Crippen molar-refractivity contribution in [1.82, 2.24) is 14.6 Å². The van der Waals surface area contributed by atoms with Crippen LogP contribution >= 0.6 is 0 Å². The fraction of sp³-hybridized carbons (Fsp3) is 0.400. The molecule has 0 saturated carbocycles. The van der Waals surface area contributed by atoms with Crippen LogP contribution in [0.2, 0.25) is 0 Å². The van der Waals surface area contributed by atoms with Gasteiger partial charge in [-0.3, -0.25) is 0 Å². The van der Waals surface area contributed by atoms with Gasteiger partial charge in [0.1, 0.15) is 12.3 Å². The zero-order valence-corrected chi connectivity index (χ0v) is 9.27. The van der Waals surface area contributed by atoms with E-state index in [4.69, 9.17) is 15.6 Å². The number of aryl methyl sites for hydroxylation is 2. The first-order chi connectivity index (χ1) is 7.65. The minimum atomic E-state index is -0.0427. The van der Waals surface area contributed by atoms with E-state index in [-0.39, 0.29) is 13.2 Å². The van der Waals surface area contributed by atoms with Crippen LogP contribution in [0, 0.1) is 13.8 Å². The van der Waals surface area contributed by atoms with Gasteiger partial charge in [-0.05, 0) is 13.8 Å². The van der Waals surface area contributed by atoms with Gasteiger partial charge < -0.3 is 15.6 Å². The van der Waals surface area contributed by atoms with Crippen molar-refractivity contribution in [3.05, 3.63) is 17.5 Å². The van der Waals surface area contributed by atoms with E-state index in [9.17, 15) is 0 Å². The van der Waals surface area contributed by atoms with Crippen LogP contribution in [0.1, 0.15) is 11.3 Å². The summed E-state index contributed by atoms with van der Waals surface area (Å²) in [6.45, 7) is 3.86.